The Balaban J connectivity index is 2.05. The number of allylic oxidation sites excluding steroid dienone is 1. The molecule has 0 atom stereocenters. The van der Waals surface area contributed by atoms with Gasteiger partial charge in [0.05, 0.1) is 24.3 Å². The first kappa shape index (κ1) is 11.9. The first-order valence-corrected chi connectivity index (χ1v) is 5.96. The van der Waals surface area contributed by atoms with Crippen LogP contribution in [0.3, 0.4) is 0 Å². The fraction of sp³-hybridized carbons (Fsp3) is 0.462. The summed E-state index contributed by atoms with van der Waals surface area (Å²) in [5.74, 6) is 0.791. The van der Waals surface area contributed by atoms with Gasteiger partial charge in [0.15, 0.2) is 0 Å². The fourth-order valence-corrected chi connectivity index (χ4v) is 1.86. The number of pyridine rings is 1. The van der Waals surface area contributed by atoms with Crippen LogP contribution in [-0.2, 0) is 0 Å². The van der Waals surface area contributed by atoms with Crippen molar-refractivity contribution < 1.29 is 4.74 Å². The maximum Gasteiger partial charge on any atom is 0.146 e. The van der Waals surface area contributed by atoms with Gasteiger partial charge in [-0.1, -0.05) is 6.08 Å². The quantitative estimate of drug-likeness (QED) is 0.744. The van der Waals surface area contributed by atoms with Gasteiger partial charge < -0.3 is 14.5 Å². The lowest BCUT2D eigenvalue weighted by molar-refractivity contribution is 0.312. The molecule has 92 valence electrons. The van der Waals surface area contributed by atoms with Crippen LogP contribution in [0.25, 0.3) is 0 Å². The predicted molar refractivity (Wildman–Crippen MR) is 69.4 cm³/mol. The fourth-order valence-electron chi connectivity index (χ4n) is 1.86. The molecule has 1 saturated heterocycles. The Morgan fingerprint density at radius 1 is 1.24 bits per heavy atom. The average molecular weight is 233 g/mol. The second-order valence-electron chi connectivity index (χ2n) is 4.26. The van der Waals surface area contributed by atoms with Crippen LogP contribution in [0.15, 0.2) is 30.8 Å². The van der Waals surface area contributed by atoms with Gasteiger partial charge in [-0.25, -0.2) is 0 Å². The summed E-state index contributed by atoms with van der Waals surface area (Å²) in [6, 6.07) is 2.04. The van der Waals surface area contributed by atoms with Crippen LogP contribution < -0.4 is 9.64 Å². The maximum atomic E-state index is 5.43. The Labute approximate surface area is 103 Å². The van der Waals surface area contributed by atoms with Crippen molar-refractivity contribution in [2.24, 2.45) is 0 Å². The number of aromatic nitrogens is 1. The Kier molecular flexibility index (Phi) is 3.98. The third kappa shape index (κ3) is 3.20. The molecule has 0 bridgehead atoms. The van der Waals surface area contributed by atoms with Gasteiger partial charge in [-0.3, -0.25) is 4.98 Å². The SMILES string of the molecule is C/C=C\Oc1cncc(N2CCN(C)CC2)c1. The predicted octanol–water partition coefficient (Wildman–Crippen LogP) is 1.75. The van der Waals surface area contributed by atoms with Crippen LogP contribution in [0.1, 0.15) is 6.92 Å². The minimum Gasteiger partial charge on any atom is -0.464 e. The minimum atomic E-state index is 0.791. The van der Waals surface area contributed by atoms with E-state index in [1.54, 1.807) is 12.5 Å². The molecule has 0 aliphatic carbocycles. The smallest absolute Gasteiger partial charge is 0.146 e. The van der Waals surface area contributed by atoms with Crippen molar-refractivity contribution in [1.82, 2.24) is 9.88 Å². The first-order chi connectivity index (χ1) is 8.29. The standard InChI is InChI=1S/C13H19N3O/c1-3-8-17-13-9-12(10-14-11-13)16-6-4-15(2)5-7-16/h3,8-11H,4-7H2,1-2H3/b8-3-. The van der Waals surface area contributed by atoms with E-state index in [0.29, 0.717) is 0 Å². The summed E-state index contributed by atoms with van der Waals surface area (Å²) in [6.45, 7) is 6.22. The van der Waals surface area contributed by atoms with E-state index in [0.717, 1.165) is 37.6 Å². The number of ether oxygens (including phenoxy) is 1. The number of piperazine rings is 1. The molecule has 0 aromatic carbocycles. The van der Waals surface area contributed by atoms with Crippen LogP contribution in [0.2, 0.25) is 0 Å². The minimum absolute atomic E-state index is 0.791. The maximum absolute atomic E-state index is 5.43. The van der Waals surface area contributed by atoms with Crippen molar-refractivity contribution in [3.05, 3.63) is 30.8 Å². The van der Waals surface area contributed by atoms with Gasteiger partial charge in [0.1, 0.15) is 5.75 Å². The number of hydrogen-bond acceptors (Lipinski definition) is 4. The summed E-state index contributed by atoms with van der Waals surface area (Å²) in [7, 11) is 2.15. The van der Waals surface area contributed by atoms with Crippen molar-refractivity contribution in [1.29, 1.82) is 0 Å². The van der Waals surface area contributed by atoms with Crippen LogP contribution in [-0.4, -0.2) is 43.1 Å². The second-order valence-corrected chi connectivity index (χ2v) is 4.26. The molecule has 0 amide bonds. The molecule has 4 nitrogen and oxygen atoms in total. The zero-order valence-corrected chi connectivity index (χ0v) is 10.5. The molecule has 1 aliphatic heterocycles. The van der Waals surface area contributed by atoms with Crippen molar-refractivity contribution in [2.75, 3.05) is 38.1 Å². The van der Waals surface area contributed by atoms with Crippen LogP contribution in [0.4, 0.5) is 5.69 Å². The Bertz CT molecular complexity index is 384. The third-order valence-electron chi connectivity index (χ3n) is 2.91. The number of anilines is 1. The summed E-state index contributed by atoms with van der Waals surface area (Å²) < 4.78 is 5.43. The molecule has 4 heteroatoms. The molecule has 1 aromatic heterocycles. The molecule has 0 spiro atoms. The van der Waals surface area contributed by atoms with Crippen LogP contribution in [0.5, 0.6) is 5.75 Å². The zero-order chi connectivity index (χ0) is 12.1. The Hall–Kier alpha value is -1.55. The van der Waals surface area contributed by atoms with E-state index in [9.17, 15) is 0 Å². The van der Waals surface area contributed by atoms with E-state index in [4.69, 9.17) is 4.74 Å². The number of rotatable bonds is 3. The Morgan fingerprint density at radius 2 is 2.00 bits per heavy atom. The molecule has 17 heavy (non-hydrogen) atoms. The van der Waals surface area contributed by atoms with E-state index in [1.807, 2.05) is 25.3 Å². The molecule has 1 aromatic rings. The van der Waals surface area contributed by atoms with Gasteiger partial charge in [0.25, 0.3) is 0 Å². The lowest BCUT2D eigenvalue weighted by Crippen LogP contribution is -2.44. The monoisotopic (exact) mass is 233 g/mol. The third-order valence-corrected chi connectivity index (χ3v) is 2.91. The van der Waals surface area contributed by atoms with Crippen LogP contribution >= 0.6 is 0 Å². The van der Waals surface area contributed by atoms with E-state index in [-0.39, 0.29) is 0 Å². The van der Waals surface area contributed by atoms with Crippen molar-refractivity contribution >= 4 is 5.69 Å². The lowest BCUT2D eigenvalue weighted by atomic mass is 10.3. The second kappa shape index (κ2) is 5.68. The van der Waals surface area contributed by atoms with E-state index in [2.05, 4.69) is 21.8 Å². The molecule has 1 fully saturated rings. The Morgan fingerprint density at radius 3 is 2.71 bits per heavy atom. The molecule has 0 unspecified atom stereocenters. The highest BCUT2D eigenvalue weighted by molar-refractivity contribution is 5.48. The molecule has 0 N–H and O–H groups in total. The molecule has 0 saturated carbocycles. The van der Waals surface area contributed by atoms with Gasteiger partial charge in [0, 0.05) is 32.2 Å². The summed E-state index contributed by atoms with van der Waals surface area (Å²) in [5, 5.41) is 0. The molecule has 2 heterocycles. The van der Waals surface area contributed by atoms with E-state index in [1.165, 1.54) is 0 Å². The first-order valence-electron chi connectivity index (χ1n) is 5.96. The normalized spacial score (nSPS) is 17.6. The highest BCUT2D eigenvalue weighted by Gasteiger charge is 2.14. The molecular weight excluding hydrogens is 214 g/mol. The van der Waals surface area contributed by atoms with Crippen molar-refractivity contribution in [2.45, 2.75) is 6.92 Å². The molecule has 2 rings (SSSR count). The lowest BCUT2D eigenvalue weighted by Gasteiger charge is -2.33. The number of hydrogen-bond donors (Lipinski definition) is 0. The van der Waals surface area contributed by atoms with Gasteiger partial charge >= 0.3 is 0 Å². The number of likely N-dealkylation sites (N-methyl/N-ethyl adjacent to an activating group) is 1. The van der Waals surface area contributed by atoms with Gasteiger partial charge in [0.2, 0.25) is 0 Å². The highest BCUT2D eigenvalue weighted by Crippen LogP contribution is 2.20. The number of nitrogens with zero attached hydrogens (tertiary/aromatic N) is 3. The highest BCUT2D eigenvalue weighted by atomic mass is 16.5. The van der Waals surface area contributed by atoms with Gasteiger partial charge in [-0.05, 0) is 14.0 Å². The van der Waals surface area contributed by atoms with Gasteiger partial charge in [-0.2, -0.15) is 0 Å². The summed E-state index contributed by atoms with van der Waals surface area (Å²) in [4.78, 5) is 8.90. The largest absolute Gasteiger partial charge is 0.464 e. The molecular formula is C13H19N3O. The molecule has 0 radical (unpaired) electrons. The average Bonchev–Trinajstić information content (AvgIpc) is 2.37. The van der Waals surface area contributed by atoms with Crippen molar-refractivity contribution in [3.8, 4) is 5.75 Å². The van der Waals surface area contributed by atoms with Crippen LogP contribution in [0, 0.1) is 0 Å². The summed E-state index contributed by atoms with van der Waals surface area (Å²) >= 11 is 0. The summed E-state index contributed by atoms with van der Waals surface area (Å²) in [5.41, 5.74) is 1.14. The van der Waals surface area contributed by atoms with E-state index < -0.39 is 0 Å². The zero-order valence-electron chi connectivity index (χ0n) is 10.5. The summed E-state index contributed by atoms with van der Waals surface area (Å²) in [6.07, 6.45) is 7.17. The molecule has 1 aliphatic rings. The van der Waals surface area contributed by atoms with Crippen molar-refractivity contribution in [3.63, 3.8) is 0 Å². The topological polar surface area (TPSA) is 28.6 Å². The van der Waals surface area contributed by atoms with E-state index >= 15 is 0 Å². The van der Waals surface area contributed by atoms with Gasteiger partial charge in [-0.15, -0.1) is 0 Å².